The Labute approximate surface area is 103 Å². The molecule has 0 spiro atoms. The van der Waals surface area contributed by atoms with Gasteiger partial charge < -0.3 is 10.1 Å². The lowest BCUT2D eigenvalue weighted by Crippen LogP contribution is -2.36. The summed E-state index contributed by atoms with van der Waals surface area (Å²) >= 11 is 0. The molecule has 0 aliphatic carbocycles. The second kappa shape index (κ2) is 5.65. The molecule has 1 aliphatic rings. The summed E-state index contributed by atoms with van der Waals surface area (Å²) in [6.07, 6.45) is 2.27. The number of nitrogens with zero attached hydrogens (tertiary/aromatic N) is 2. The summed E-state index contributed by atoms with van der Waals surface area (Å²) in [4.78, 5) is 0. The van der Waals surface area contributed by atoms with E-state index in [1.165, 1.54) is 11.3 Å². The Balaban J connectivity index is 1.79. The van der Waals surface area contributed by atoms with E-state index in [0.29, 0.717) is 6.04 Å². The molecule has 1 aromatic rings. The summed E-state index contributed by atoms with van der Waals surface area (Å²) in [7, 11) is 0. The lowest BCUT2D eigenvalue weighted by Gasteiger charge is -2.23. The van der Waals surface area contributed by atoms with Crippen molar-refractivity contribution < 1.29 is 4.74 Å². The van der Waals surface area contributed by atoms with Gasteiger partial charge in [0.05, 0.1) is 12.2 Å². The minimum absolute atomic E-state index is 0.627. The van der Waals surface area contributed by atoms with Gasteiger partial charge in [-0.25, -0.2) is 0 Å². The molecule has 0 aromatic carbocycles. The van der Waals surface area contributed by atoms with Crippen molar-refractivity contribution in [3.8, 4) is 0 Å². The number of hydrogen-bond acceptors (Lipinski definition) is 3. The normalized spacial score (nSPS) is 17.6. The quantitative estimate of drug-likeness (QED) is 0.864. The summed E-state index contributed by atoms with van der Waals surface area (Å²) in [5.74, 6) is 0. The minimum Gasteiger partial charge on any atom is -0.381 e. The number of rotatable bonds is 4. The molecule has 1 saturated heterocycles. The van der Waals surface area contributed by atoms with Gasteiger partial charge in [0.15, 0.2) is 0 Å². The third-order valence-corrected chi connectivity index (χ3v) is 3.72. The molecule has 4 nitrogen and oxygen atoms in total. The number of ether oxygens (including phenoxy) is 1. The van der Waals surface area contributed by atoms with Crippen molar-refractivity contribution in [3.63, 3.8) is 0 Å². The van der Waals surface area contributed by atoms with Gasteiger partial charge >= 0.3 is 0 Å². The Morgan fingerprint density at radius 2 is 2.00 bits per heavy atom. The molecule has 0 unspecified atom stereocenters. The van der Waals surface area contributed by atoms with Crippen LogP contribution in [0.1, 0.15) is 29.8 Å². The molecule has 96 valence electrons. The topological polar surface area (TPSA) is 39.1 Å². The highest BCUT2D eigenvalue weighted by atomic mass is 16.5. The zero-order valence-electron chi connectivity index (χ0n) is 11.1. The lowest BCUT2D eigenvalue weighted by atomic mass is 10.1. The largest absolute Gasteiger partial charge is 0.381 e. The molecule has 1 fully saturated rings. The van der Waals surface area contributed by atoms with E-state index in [4.69, 9.17) is 4.74 Å². The van der Waals surface area contributed by atoms with Gasteiger partial charge in [0.1, 0.15) is 0 Å². The Kier molecular flexibility index (Phi) is 4.18. The maximum atomic E-state index is 5.34. The Morgan fingerprint density at radius 1 is 1.29 bits per heavy atom. The molecule has 1 aliphatic heterocycles. The average molecular weight is 237 g/mol. The molecule has 17 heavy (non-hydrogen) atoms. The average Bonchev–Trinajstić information content (AvgIpc) is 2.59. The monoisotopic (exact) mass is 237 g/mol. The molecule has 0 bridgehead atoms. The Hall–Kier alpha value is -0.870. The first-order valence-electron chi connectivity index (χ1n) is 6.50. The molecule has 2 rings (SSSR count). The number of aryl methyl sites for hydroxylation is 1. The van der Waals surface area contributed by atoms with Crippen LogP contribution in [0.3, 0.4) is 0 Å². The zero-order valence-corrected chi connectivity index (χ0v) is 11.1. The molecular weight excluding hydrogens is 214 g/mol. The van der Waals surface area contributed by atoms with Gasteiger partial charge in [0, 0.05) is 31.5 Å². The van der Waals surface area contributed by atoms with E-state index in [2.05, 4.69) is 35.9 Å². The Bertz CT molecular complexity index is 367. The maximum absolute atomic E-state index is 5.34. The van der Waals surface area contributed by atoms with Crippen molar-refractivity contribution in [2.24, 2.45) is 0 Å². The smallest absolute Gasteiger partial charge is 0.0625 e. The summed E-state index contributed by atoms with van der Waals surface area (Å²) < 4.78 is 7.45. The highest BCUT2D eigenvalue weighted by molar-refractivity contribution is 5.22. The maximum Gasteiger partial charge on any atom is 0.0625 e. The van der Waals surface area contributed by atoms with Crippen molar-refractivity contribution in [1.29, 1.82) is 0 Å². The van der Waals surface area contributed by atoms with Crippen molar-refractivity contribution in [2.75, 3.05) is 19.8 Å². The molecule has 0 amide bonds. The third kappa shape index (κ3) is 3.07. The standard InChI is InChI=1S/C13H23N3O/c1-10-11(2)15-16(12(10)3)7-6-14-13-4-8-17-9-5-13/h13-14H,4-9H2,1-3H3. The van der Waals surface area contributed by atoms with Gasteiger partial charge in [-0.2, -0.15) is 5.10 Å². The molecule has 0 atom stereocenters. The third-order valence-electron chi connectivity index (χ3n) is 3.72. The van der Waals surface area contributed by atoms with Crippen LogP contribution in [0.2, 0.25) is 0 Å². The highest BCUT2D eigenvalue weighted by Crippen LogP contribution is 2.10. The summed E-state index contributed by atoms with van der Waals surface area (Å²) in [5.41, 5.74) is 3.75. The fraction of sp³-hybridized carbons (Fsp3) is 0.769. The van der Waals surface area contributed by atoms with Crippen LogP contribution in [0.15, 0.2) is 0 Å². The van der Waals surface area contributed by atoms with E-state index in [9.17, 15) is 0 Å². The number of nitrogens with one attached hydrogen (secondary N) is 1. The van der Waals surface area contributed by atoms with Crippen LogP contribution >= 0.6 is 0 Å². The molecule has 2 heterocycles. The zero-order chi connectivity index (χ0) is 12.3. The second-order valence-corrected chi connectivity index (χ2v) is 4.86. The SMILES string of the molecule is Cc1nn(CCNC2CCOCC2)c(C)c1C. The number of aromatic nitrogens is 2. The van der Waals surface area contributed by atoms with Crippen molar-refractivity contribution in [2.45, 2.75) is 46.2 Å². The molecule has 0 saturated carbocycles. The van der Waals surface area contributed by atoms with Crippen LogP contribution in [0.4, 0.5) is 0 Å². The molecular formula is C13H23N3O. The van der Waals surface area contributed by atoms with Crippen LogP contribution in [0.5, 0.6) is 0 Å². The van der Waals surface area contributed by atoms with Crippen molar-refractivity contribution in [1.82, 2.24) is 15.1 Å². The molecule has 1 aromatic heterocycles. The predicted octanol–water partition coefficient (Wildman–Crippen LogP) is 1.58. The Morgan fingerprint density at radius 3 is 2.59 bits per heavy atom. The van der Waals surface area contributed by atoms with E-state index < -0.39 is 0 Å². The predicted molar refractivity (Wildman–Crippen MR) is 68.3 cm³/mol. The molecule has 4 heteroatoms. The summed E-state index contributed by atoms with van der Waals surface area (Å²) in [5, 5.41) is 8.13. The minimum atomic E-state index is 0.627. The van der Waals surface area contributed by atoms with Gasteiger partial charge in [-0.3, -0.25) is 4.68 Å². The van der Waals surface area contributed by atoms with Gasteiger partial charge in [-0.05, 0) is 39.2 Å². The van der Waals surface area contributed by atoms with Gasteiger partial charge in [0.25, 0.3) is 0 Å². The summed E-state index contributed by atoms with van der Waals surface area (Å²) in [6.45, 7) is 10.1. The van der Waals surface area contributed by atoms with Gasteiger partial charge in [0.2, 0.25) is 0 Å². The number of hydrogen-bond donors (Lipinski definition) is 1. The van der Waals surface area contributed by atoms with E-state index in [-0.39, 0.29) is 0 Å². The molecule has 0 radical (unpaired) electrons. The van der Waals surface area contributed by atoms with E-state index in [0.717, 1.165) is 44.8 Å². The highest BCUT2D eigenvalue weighted by Gasteiger charge is 2.13. The fourth-order valence-corrected chi connectivity index (χ4v) is 2.28. The van der Waals surface area contributed by atoms with Crippen LogP contribution in [0, 0.1) is 20.8 Å². The van der Waals surface area contributed by atoms with Crippen LogP contribution in [-0.2, 0) is 11.3 Å². The lowest BCUT2D eigenvalue weighted by molar-refractivity contribution is 0.0778. The first-order chi connectivity index (χ1) is 8.18. The first kappa shape index (κ1) is 12.6. The molecule has 1 N–H and O–H groups in total. The van der Waals surface area contributed by atoms with Crippen LogP contribution in [-0.4, -0.2) is 35.6 Å². The van der Waals surface area contributed by atoms with Gasteiger partial charge in [-0.15, -0.1) is 0 Å². The first-order valence-corrected chi connectivity index (χ1v) is 6.50. The van der Waals surface area contributed by atoms with Crippen molar-refractivity contribution in [3.05, 3.63) is 17.0 Å². The van der Waals surface area contributed by atoms with E-state index in [1.807, 2.05) is 0 Å². The van der Waals surface area contributed by atoms with Crippen LogP contribution < -0.4 is 5.32 Å². The summed E-state index contributed by atoms with van der Waals surface area (Å²) in [6, 6.07) is 0.627. The van der Waals surface area contributed by atoms with Gasteiger partial charge in [-0.1, -0.05) is 0 Å². The second-order valence-electron chi connectivity index (χ2n) is 4.86. The fourth-order valence-electron chi connectivity index (χ4n) is 2.28. The van der Waals surface area contributed by atoms with Crippen molar-refractivity contribution >= 4 is 0 Å². The van der Waals surface area contributed by atoms with E-state index in [1.54, 1.807) is 0 Å². The van der Waals surface area contributed by atoms with Crippen LogP contribution in [0.25, 0.3) is 0 Å². The van der Waals surface area contributed by atoms with E-state index >= 15 is 0 Å².